The third-order valence-corrected chi connectivity index (χ3v) is 3.39. The highest BCUT2D eigenvalue weighted by Gasteiger charge is 2.21. The molecule has 1 saturated carbocycles. The van der Waals surface area contributed by atoms with Crippen LogP contribution >= 0.6 is 0 Å². The van der Waals surface area contributed by atoms with Crippen LogP contribution in [0.15, 0.2) is 24.3 Å². The molecule has 1 nitrogen and oxygen atoms in total. The summed E-state index contributed by atoms with van der Waals surface area (Å²) < 4.78 is 0. The van der Waals surface area contributed by atoms with Crippen molar-refractivity contribution in [2.45, 2.75) is 38.5 Å². The van der Waals surface area contributed by atoms with E-state index in [0.717, 1.165) is 11.5 Å². The Bertz CT molecular complexity index is 298. The topological polar surface area (TPSA) is 20.2 Å². The van der Waals surface area contributed by atoms with Gasteiger partial charge in [-0.25, -0.2) is 0 Å². The predicted octanol–water partition coefficient (Wildman–Crippen LogP) is 3.69. The van der Waals surface area contributed by atoms with Crippen LogP contribution in [0.1, 0.15) is 44.1 Å². The van der Waals surface area contributed by atoms with E-state index in [9.17, 15) is 5.11 Å². The van der Waals surface area contributed by atoms with E-state index in [1.54, 1.807) is 6.07 Å². The van der Waals surface area contributed by atoms with Gasteiger partial charge in [-0.1, -0.05) is 38.0 Å². The van der Waals surface area contributed by atoms with Crippen LogP contribution in [0.2, 0.25) is 0 Å². The molecule has 0 amide bonds. The van der Waals surface area contributed by atoms with Gasteiger partial charge in [-0.2, -0.15) is 0 Å². The molecule has 0 unspecified atom stereocenters. The normalized spacial score (nSPS) is 27.5. The lowest BCUT2D eigenvalue weighted by molar-refractivity contribution is 0.340. The Morgan fingerprint density at radius 2 is 1.71 bits per heavy atom. The second-order valence-electron chi connectivity index (χ2n) is 4.52. The molecule has 0 bridgehead atoms. The summed E-state index contributed by atoms with van der Waals surface area (Å²) in [5.41, 5.74) is 1.15. The molecule has 0 spiro atoms. The zero-order valence-electron chi connectivity index (χ0n) is 8.74. The van der Waals surface area contributed by atoms with Crippen molar-refractivity contribution in [3.05, 3.63) is 29.8 Å². The van der Waals surface area contributed by atoms with E-state index in [1.807, 2.05) is 12.1 Å². The summed E-state index contributed by atoms with van der Waals surface area (Å²) in [6.07, 6.45) is 5.08. The molecule has 76 valence electrons. The van der Waals surface area contributed by atoms with Crippen LogP contribution in [0.25, 0.3) is 0 Å². The van der Waals surface area contributed by atoms with Gasteiger partial charge in [0.05, 0.1) is 0 Å². The average molecular weight is 190 g/mol. The third-order valence-electron chi connectivity index (χ3n) is 3.39. The minimum absolute atomic E-state index is 0.479. The van der Waals surface area contributed by atoms with Gasteiger partial charge in [0.1, 0.15) is 5.75 Å². The first-order chi connectivity index (χ1) is 6.77. The van der Waals surface area contributed by atoms with Crippen LogP contribution in [0, 0.1) is 5.92 Å². The maximum Gasteiger partial charge on any atom is 0.119 e. The standard InChI is InChI=1S/C13H18O/c1-10-6-8-11(9-7-10)12-4-2-3-5-13(12)14/h2-5,10-11,14H,6-9H2,1H3/t10-,11-. The van der Waals surface area contributed by atoms with E-state index in [2.05, 4.69) is 13.0 Å². The Labute approximate surface area is 85.8 Å². The highest BCUT2D eigenvalue weighted by Crippen LogP contribution is 2.38. The van der Waals surface area contributed by atoms with Gasteiger partial charge < -0.3 is 5.11 Å². The van der Waals surface area contributed by atoms with Crippen molar-refractivity contribution in [3.63, 3.8) is 0 Å². The maximum absolute atomic E-state index is 9.73. The van der Waals surface area contributed by atoms with E-state index in [0.29, 0.717) is 11.7 Å². The molecule has 0 atom stereocenters. The van der Waals surface area contributed by atoms with Crippen molar-refractivity contribution in [1.82, 2.24) is 0 Å². The Kier molecular flexibility index (Phi) is 2.76. The molecule has 1 heteroatoms. The van der Waals surface area contributed by atoms with Gasteiger partial charge >= 0.3 is 0 Å². The molecule has 1 N–H and O–H groups in total. The first-order valence-corrected chi connectivity index (χ1v) is 5.55. The lowest BCUT2D eigenvalue weighted by atomic mass is 9.79. The fraction of sp³-hybridized carbons (Fsp3) is 0.538. The van der Waals surface area contributed by atoms with Gasteiger partial charge in [-0.15, -0.1) is 0 Å². The number of phenols is 1. The fourth-order valence-electron chi connectivity index (χ4n) is 2.40. The molecule has 14 heavy (non-hydrogen) atoms. The van der Waals surface area contributed by atoms with Crippen LogP contribution in [-0.2, 0) is 0 Å². The highest BCUT2D eigenvalue weighted by atomic mass is 16.3. The zero-order chi connectivity index (χ0) is 9.97. The summed E-state index contributed by atoms with van der Waals surface area (Å²) >= 11 is 0. The van der Waals surface area contributed by atoms with Crippen LogP contribution in [-0.4, -0.2) is 5.11 Å². The molecular weight excluding hydrogens is 172 g/mol. The van der Waals surface area contributed by atoms with Crippen molar-refractivity contribution >= 4 is 0 Å². The first kappa shape index (κ1) is 9.57. The minimum atomic E-state index is 0.479. The molecule has 1 aliphatic rings. The Morgan fingerprint density at radius 1 is 1.07 bits per heavy atom. The molecule has 2 rings (SSSR count). The first-order valence-electron chi connectivity index (χ1n) is 5.55. The average Bonchev–Trinajstić information content (AvgIpc) is 2.20. The lowest BCUT2D eigenvalue weighted by Crippen LogP contribution is -2.10. The molecule has 1 aliphatic carbocycles. The predicted molar refractivity (Wildman–Crippen MR) is 58.5 cm³/mol. The summed E-state index contributed by atoms with van der Waals surface area (Å²) in [5, 5.41) is 9.73. The van der Waals surface area contributed by atoms with E-state index in [4.69, 9.17) is 0 Å². The van der Waals surface area contributed by atoms with Crippen molar-refractivity contribution in [3.8, 4) is 5.75 Å². The summed E-state index contributed by atoms with van der Waals surface area (Å²) in [6, 6.07) is 7.78. The van der Waals surface area contributed by atoms with Gasteiger partial charge in [0.25, 0.3) is 0 Å². The summed E-state index contributed by atoms with van der Waals surface area (Å²) in [6.45, 7) is 2.32. The van der Waals surface area contributed by atoms with E-state index in [-0.39, 0.29) is 0 Å². The van der Waals surface area contributed by atoms with Crippen molar-refractivity contribution in [2.75, 3.05) is 0 Å². The van der Waals surface area contributed by atoms with E-state index in [1.165, 1.54) is 25.7 Å². The molecule has 0 radical (unpaired) electrons. The number of hydrogen-bond donors (Lipinski definition) is 1. The van der Waals surface area contributed by atoms with E-state index >= 15 is 0 Å². The summed E-state index contributed by atoms with van der Waals surface area (Å²) in [5.74, 6) is 1.94. The molecule has 1 aromatic rings. The number of hydrogen-bond acceptors (Lipinski definition) is 1. The largest absolute Gasteiger partial charge is 0.508 e. The molecule has 0 aromatic heterocycles. The van der Waals surface area contributed by atoms with Gasteiger partial charge in [-0.05, 0) is 36.3 Å². The van der Waals surface area contributed by atoms with Gasteiger partial charge in [0, 0.05) is 0 Å². The second kappa shape index (κ2) is 4.04. The third kappa shape index (κ3) is 1.92. The van der Waals surface area contributed by atoms with Crippen molar-refractivity contribution in [1.29, 1.82) is 0 Å². The molecule has 1 fully saturated rings. The SMILES string of the molecule is C[C@H]1CC[C@H](c2ccccc2O)CC1. The number of phenolic OH excluding ortho intramolecular Hbond substituents is 1. The number of aromatic hydroxyl groups is 1. The smallest absolute Gasteiger partial charge is 0.119 e. The van der Waals surface area contributed by atoms with Gasteiger partial charge in [0.15, 0.2) is 0 Å². The Balaban J connectivity index is 2.12. The van der Waals surface area contributed by atoms with Gasteiger partial charge in [-0.3, -0.25) is 0 Å². The summed E-state index contributed by atoms with van der Waals surface area (Å²) in [7, 11) is 0. The Morgan fingerprint density at radius 3 is 2.36 bits per heavy atom. The van der Waals surface area contributed by atoms with Crippen molar-refractivity contribution in [2.24, 2.45) is 5.92 Å². The zero-order valence-corrected chi connectivity index (χ0v) is 8.74. The molecule has 0 saturated heterocycles. The van der Waals surface area contributed by atoms with Gasteiger partial charge in [0.2, 0.25) is 0 Å². The highest BCUT2D eigenvalue weighted by molar-refractivity contribution is 5.35. The minimum Gasteiger partial charge on any atom is -0.508 e. The number of para-hydroxylation sites is 1. The van der Waals surface area contributed by atoms with Crippen LogP contribution < -0.4 is 0 Å². The molecule has 0 aliphatic heterocycles. The van der Waals surface area contributed by atoms with Crippen LogP contribution in [0.4, 0.5) is 0 Å². The van der Waals surface area contributed by atoms with Crippen LogP contribution in [0.5, 0.6) is 5.75 Å². The maximum atomic E-state index is 9.73. The lowest BCUT2D eigenvalue weighted by Gasteiger charge is -2.26. The van der Waals surface area contributed by atoms with E-state index < -0.39 is 0 Å². The molecule has 0 heterocycles. The Hall–Kier alpha value is -0.980. The number of benzene rings is 1. The second-order valence-corrected chi connectivity index (χ2v) is 4.52. The number of rotatable bonds is 1. The monoisotopic (exact) mass is 190 g/mol. The molecular formula is C13H18O. The fourth-order valence-corrected chi connectivity index (χ4v) is 2.40. The summed E-state index contributed by atoms with van der Waals surface area (Å²) in [4.78, 5) is 0. The van der Waals surface area contributed by atoms with Crippen molar-refractivity contribution < 1.29 is 5.11 Å². The molecule has 1 aromatic carbocycles. The van der Waals surface area contributed by atoms with Crippen LogP contribution in [0.3, 0.4) is 0 Å². The quantitative estimate of drug-likeness (QED) is 0.716.